The van der Waals surface area contributed by atoms with E-state index in [-0.39, 0.29) is 17.2 Å². The Balaban J connectivity index is 2.12. The van der Waals surface area contributed by atoms with Crippen molar-refractivity contribution in [2.24, 2.45) is 5.73 Å². The Bertz CT molecular complexity index is 761. The molecule has 0 saturated carbocycles. The highest BCUT2D eigenvalue weighted by atomic mass is 19.4. The molecule has 0 radical (unpaired) electrons. The standard InChI is InChI=1S/C18H19F3N2O3/c1-11-3-5-12(6-4-11)16(22)17(24)23-13-7-8-14(25-2)15(9-13)26-10-18(19,20)21/h3-9,16H,10,22H2,1-2H3,(H,23,24). The van der Waals surface area contributed by atoms with Crippen molar-refractivity contribution in [3.63, 3.8) is 0 Å². The van der Waals surface area contributed by atoms with Gasteiger partial charge in [0.1, 0.15) is 6.04 Å². The minimum atomic E-state index is -4.49. The van der Waals surface area contributed by atoms with Gasteiger partial charge < -0.3 is 20.5 Å². The van der Waals surface area contributed by atoms with Crippen LogP contribution in [0.3, 0.4) is 0 Å². The molecule has 0 aliphatic rings. The van der Waals surface area contributed by atoms with E-state index < -0.39 is 24.7 Å². The lowest BCUT2D eigenvalue weighted by atomic mass is 10.1. The number of ether oxygens (including phenoxy) is 2. The quantitative estimate of drug-likeness (QED) is 0.817. The highest BCUT2D eigenvalue weighted by Crippen LogP contribution is 2.32. The summed E-state index contributed by atoms with van der Waals surface area (Å²) in [6.07, 6.45) is -4.49. The topological polar surface area (TPSA) is 73.6 Å². The van der Waals surface area contributed by atoms with Gasteiger partial charge in [0.05, 0.1) is 7.11 Å². The van der Waals surface area contributed by atoms with Crippen molar-refractivity contribution in [3.8, 4) is 11.5 Å². The molecule has 0 heterocycles. The van der Waals surface area contributed by atoms with E-state index >= 15 is 0 Å². The van der Waals surface area contributed by atoms with Gasteiger partial charge >= 0.3 is 6.18 Å². The first-order valence-corrected chi connectivity index (χ1v) is 7.70. The number of carbonyl (C=O) groups excluding carboxylic acids is 1. The lowest BCUT2D eigenvalue weighted by Gasteiger charge is -2.16. The first kappa shape index (κ1) is 19.6. The van der Waals surface area contributed by atoms with Gasteiger partial charge in [-0.15, -0.1) is 0 Å². The zero-order valence-corrected chi connectivity index (χ0v) is 14.3. The third-order valence-electron chi connectivity index (χ3n) is 3.54. The van der Waals surface area contributed by atoms with Gasteiger partial charge in [0.25, 0.3) is 0 Å². The fraction of sp³-hybridized carbons (Fsp3) is 0.278. The third-order valence-corrected chi connectivity index (χ3v) is 3.54. The Kier molecular flexibility index (Phi) is 6.10. The van der Waals surface area contributed by atoms with Crippen LogP contribution in [0.2, 0.25) is 0 Å². The van der Waals surface area contributed by atoms with Crippen LogP contribution >= 0.6 is 0 Å². The number of methoxy groups -OCH3 is 1. The van der Waals surface area contributed by atoms with E-state index in [0.717, 1.165) is 5.56 Å². The van der Waals surface area contributed by atoms with Crippen molar-refractivity contribution in [1.82, 2.24) is 0 Å². The van der Waals surface area contributed by atoms with Crippen molar-refractivity contribution in [3.05, 3.63) is 53.6 Å². The molecule has 1 unspecified atom stereocenters. The van der Waals surface area contributed by atoms with Crippen LogP contribution in [-0.2, 0) is 4.79 Å². The van der Waals surface area contributed by atoms with Crippen molar-refractivity contribution >= 4 is 11.6 Å². The zero-order valence-electron chi connectivity index (χ0n) is 14.3. The summed E-state index contributed by atoms with van der Waals surface area (Å²) in [5.74, 6) is -0.512. The second-order valence-corrected chi connectivity index (χ2v) is 5.65. The highest BCUT2D eigenvalue weighted by Gasteiger charge is 2.29. The van der Waals surface area contributed by atoms with E-state index in [1.807, 2.05) is 19.1 Å². The Morgan fingerprint density at radius 2 is 1.81 bits per heavy atom. The van der Waals surface area contributed by atoms with Crippen LogP contribution < -0.4 is 20.5 Å². The number of rotatable bonds is 6. The number of anilines is 1. The molecule has 140 valence electrons. The van der Waals surface area contributed by atoms with Gasteiger partial charge in [-0.2, -0.15) is 13.2 Å². The van der Waals surface area contributed by atoms with Gasteiger partial charge in [-0.25, -0.2) is 0 Å². The largest absolute Gasteiger partial charge is 0.493 e. The summed E-state index contributed by atoms with van der Waals surface area (Å²) in [7, 11) is 1.31. The molecule has 1 amide bonds. The number of benzene rings is 2. The van der Waals surface area contributed by atoms with E-state index in [0.29, 0.717) is 5.56 Å². The molecule has 2 aromatic carbocycles. The fourth-order valence-corrected chi connectivity index (χ4v) is 2.17. The summed E-state index contributed by atoms with van der Waals surface area (Å²) >= 11 is 0. The molecule has 0 fully saturated rings. The molecular formula is C18H19F3N2O3. The number of nitrogens with two attached hydrogens (primary N) is 1. The van der Waals surface area contributed by atoms with E-state index in [1.165, 1.54) is 25.3 Å². The number of alkyl halides is 3. The Labute approximate surface area is 148 Å². The SMILES string of the molecule is COc1ccc(NC(=O)C(N)c2ccc(C)cc2)cc1OCC(F)(F)F. The second kappa shape index (κ2) is 8.09. The summed E-state index contributed by atoms with van der Waals surface area (Å²) in [6, 6.07) is 10.4. The van der Waals surface area contributed by atoms with Crippen molar-refractivity contribution < 1.29 is 27.4 Å². The average molecular weight is 368 g/mol. The summed E-state index contributed by atoms with van der Waals surface area (Å²) < 4.78 is 46.8. The molecule has 5 nitrogen and oxygen atoms in total. The molecule has 8 heteroatoms. The smallest absolute Gasteiger partial charge is 0.422 e. The molecule has 3 N–H and O–H groups in total. The van der Waals surface area contributed by atoms with Crippen molar-refractivity contribution in [2.75, 3.05) is 19.0 Å². The predicted octanol–water partition coefficient (Wildman–Crippen LogP) is 3.58. The van der Waals surface area contributed by atoms with Gasteiger partial charge in [-0.05, 0) is 24.6 Å². The minimum Gasteiger partial charge on any atom is -0.493 e. The zero-order chi connectivity index (χ0) is 19.3. The van der Waals surface area contributed by atoms with Crippen LogP contribution in [0.15, 0.2) is 42.5 Å². The van der Waals surface area contributed by atoms with Crippen LogP contribution in [0, 0.1) is 6.92 Å². The van der Waals surface area contributed by atoms with Crippen LogP contribution in [-0.4, -0.2) is 25.8 Å². The molecule has 0 aromatic heterocycles. The Hall–Kier alpha value is -2.74. The summed E-state index contributed by atoms with van der Waals surface area (Å²) in [5, 5.41) is 2.56. The number of carbonyl (C=O) groups is 1. The number of aryl methyl sites for hydroxylation is 1. The van der Waals surface area contributed by atoms with E-state index in [9.17, 15) is 18.0 Å². The van der Waals surface area contributed by atoms with E-state index in [1.54, 1.807) is 12.1 Å². The molecule has 2 aromatic rings. The van der Waals surface area contributed by atoms with E-state index in [4.69, 9.17) is 15.2 Å². The molecule has 0 aliphatic carbocycles. The number of hydrogen-bond donors (Lipinski definition) is 2. The maximum absolute atomic E-state index is 12.4. The Morgan fingerprint density at radius 3 is 2.38 bits per heavy atom. The maximum atomic E-state index is 12.4. The molecule has 0 bridgehead atoms. The molecule has 2 rings (SSSR count). The summed E-state index contributed by atoms with van der Waals surface area (Å²) in [6.45, 7) is 0.443. The van der Waals surface area contributed by atoms with Crippen molar-refractivity contribution in [2.45, 2.75) is 19.1 Å². The molecule has 0 aliphatic heterocycles. The third kappa shape index (κ3) is 5.38. The van der Waals surface area contributed by atoms with E-state index in [2.05, 4.69) is 5.32 Å². The van der Waals surface area contributed by atoms with Crippen LogP contribution in [0.4, 0.5) is 18.9 Å². The maximum Gasteiger partial charge on any atom is 0.422 e. The average Bonchev–Trinajstić information content (AvgIpc) is 2.59. The Morgan fingerprint density at radius 1 is 1.15 bits per heavy atom. The first-order valence-electron chi connectivity index (χ1n) is 7.70. The summed E-state index contributed by atoms with van der Waals surface area (Å²) in [4.78, 5) is 12.3. The minimum absolute atomic E-state index is 0.120. The highest BCUT2D eigenvalue weighted by molar-refractivity contribution is 5.95. The molecular weight excluding hydrogens is 349 g/mol. The van der Waals surface area contributed by atoms with Crippen LogP contribution in [0.5, 0.6) is 11.5 Å². The number of halogens is 3. The van der Waals surface area contributed by atoms with Gasteiger partial charge in [0.15, 0.2) is 18.1 Å². The predicted molar refractivity (Wildman–Crippen MR) is 91.3 cm³/mol. The summed E-state index contributed by atoms with van der Waals surface area (Å²) in [5.41, 5.74) is 7.83. The molecule has 0 spiro atoms. The number of amides is 1. The van der Waals surface area contributed by atoms with Gasteiger partial charge in [-0.3, -0.25) is 4.79 Å². The number of nitrogens with one attached hydrogen (secondary N) is 1. The van der Waals surface area contributed by atoms with Crippen molar-refractivity contribution in [1.29, 1.82) is 0 Å². The second-order valence-electron chi connectivity index (χ2n) is 5.65. The van der Waals surface area contributed by atoms with Crippen LogP contribution in [0.25, 0.3) is 0 Å². The molecule has 1 atom stereocenters. The lowest BCUT2D eigenvalue weighted by molar-refractivity contribution is -0.153. The molecule has 0 saturated heterocycles. The monoisotopic (exact) mass is 368 g/mol. The number of hydrogen-bond acceptors (Lipinski definition) is 4. The normalized spacial score (nSPS) is 12.4. The molecule has 26 heavy (non-hydrogen) atoms. The van der Waals surface area contributed by atoms with Gasteiger partial charge in [0.2, 0.25) is 5.91 Å². The van der Waals surface area contributed by atoms with Gasteiger partial charge in [0, 0.05) is 11.8 Å². The lowest BCUT2D eigenvalue weighted by Crippen LogP contribution is -2.27. The first-order chi connectivity index (χ1) is 12.2. The van der Waals surface area contributed by atoms with Gasteiger partial charge in [-0.1, -0.05) is 29.8 Å². The fourth-order valence-electron chi connectivity index (χ4n) is 2.17. The van der Waals surface area contributed by atoms with Crippen LogP contribution in [0.1, 0.15) is 17.2 Å².